The number of nitrogens with one attached hydrogen (secondary N) is 1. The molecule has 0 spiro atoms. The number of nitrogens with zero attached hydrogens (tertiary/aromatic N) is 2. The standard InChI is InChI=1S/C22H25Cl4N3O4S/c1-4-20(22(31)27-5-2)28(12-14-6-7-15(23)10-18(14)25)21(30)13-29(34(3,32)33)16-8-9-17(24)19(26)11-16/h6-11,20H,4-5,12-13H2,1-3H3,(H,27,31)/t20-/m1/s1. The minimum Gasteiger partial charge on any atom is -0.355 e. The normalized spacial score (nSPS) is 12.2. The second-order valence-electron chi connectivity index (χ2n) is 7.44. The lowest BCUT2D eigenvalue weighted by Crippen LogP contribution is -2.52. The van der Waals surface area contributed by atoms with E-state index in [9.17, 15) is 18.0 Å². The van der Waals surface area contributed by atoms with E-state index in [-0.39, 0.29) is 28.2 Å². The SMILES string of the molecule is CCNC(=O)[C@@H](CC)N(Cc1ccc(Cl)cc1Cl)C(=O)CN(c1ccc(Cl)c(Cl)c1)S(C)(=O)=O. The van der Waals surface area contributed by atoms with Crippen LogP contribution in [-0.2, 0) is 26.2 Å². The maximum Gasteiger partial charge on any atom is 0.244 e. The minimum atomic E-state index is -3.89. The lowest BCUT2D eigenvalue weighted by atomic mass is 10.1. The van der Waals surface area contributed by atoms with Crippen molar-refractivity contribution in [2.75, 3.05) is 23.7 Å². The lowest BCUT2D eigenvalue weighted by Gasteiger charge is -2.33. The van der Waals surface area contributed by atoms with E-state index >= 15 is 0 Å². The molecule has 1 atom stereocenters. The summed E-state index contributed by atoms with van der Waals surface area (Å²) in [5, 5.41) is 3.84. The van der Waals surface area contributed by atoms with Crippen LogP contribution in [-0.4, -0.2) is 50.5 Å². The Labute approximate surface area is 220 Å². The fourth-order valence-electron chi connectivity index (χ4n) is 3.30. The van der Waals surface area contributed by atoms with Crippen molar-refractivity contribution in [2.24, 2.45) is 0 Å². The summed E-state index contributed by atoms with van der Waals surface area (Å²) < 4.78 is 26.1. The Balaban J connectivity index is 2.48. The Kier molecular flexibility index (Phi) is 10.3. The first kappa shape index (κ1) is 28.5. The van der Waals surface area contributed by atoms with Gasteiger partial charge in [0.15, 0.2) is 0 Å². The largest absolute Gasteiger partial charge is 0.355 e. The number of halogens is 4. The maximum atomic E-state index is 13.5. The number of hydrogen-bond acceptors (Lipinski definition) is 4. The van der Waals surface area contributed by atoms with Gasteiger partial charge in [0.2, 0.25) is 21.8 Å². The van der Waals surface area contributed by atoms with Gasteiger partial charge in [-0.2, -0.15) is 0 Å². The van der Waals surface area contributed by atoms with Gasteiger partial charge in [-0.1, -0.05) is 59.4 Å². The average molecular weight is 569 g/mol. The highest BCUT2D eigenvalue weighted by atomic mass is 35.5. The number of anilines is 1. The molecule has 0 fully saturated rings. The Morgan fingerprint density at radius 3 is 2.18 bits per heavy atom. The second kappa shape index (κ2) is 12.3. The van der Waals surface area contributed by atoms with E-state index in [1.54, 1.807) is 26.0 Å². The highest BCUT2D eigenvalue weighted by molar-refractivity contribution is 7.92. The van der Waals surface area contributed by atoms with Crippen molar-refractivity contribution in [2.45, 2.75) is 32.9 Å². The Bertz CT molecular complexity index is 1160. The van der Waals surface area contributed by atoms with Crippen molar-refractivity contribution >= 4 is 73.9 Å². The van der Waals surface area contributed by atoms with Crippen molar-refractivity contribution in [3.05, 3.63) is 62.1 Å². The zero-order valence-electron chi connectivity index (χ0n) is 18.8. The third-order valence-electron chi connectivity index (χ3n) is 4.96. The number of sulfonamides is 1. The number of carbonyl (C=O) groups excluding carboxylic acids is 2. The number of rotatable bonds is 10. The monoisotopic (exact) mass is 567 g/mol. The van der Waals surface area contributed by atoms with Crippen LogP contribution in [0.4, 0.5) is 5.69 Å². The van der Waals surface area contributed by atoms with Crippen LogP contribution < -0.4 is 9.62 Å². The molecular formula is C22H25Cl4N3O4S. The molecule has 0 radical (unpaired) electrons. The predicted octanol–water partition coefficient (Wildman–Crippen LogP) is 5.01. The van der Waals surface area contributed by atoms with E-state index in [1.165, 1.54) is 29.2 Å². The molecule has 0 heterocycles. The Morgan fingerprint density at radius 1 is 0.971 bits per heavy atom. The van der Waals surface area contributed by atoms with Crippen molar-refractivity contribution in [1.82, 2.24) is 10.2 Å². The molecule has 0 aliphatic heterocycles. The maximum absolute atomic E-state index is 13.5. The molecule has 12 heteroatoms. The molecule has 0 bridgehead atoms. The first-order chi connectivity index (χ1) is 15.9. The number of hydrogen-bond donors (Lipinski definition) is 1. The summed E-state index contributed by atoms with van der Waals surface area (Å²) >= 11 is 24.3. The summed E-state index contributed by atoms with van der Waals surface area (Å²) in [4.78, 5) is 27.6. The van der Waals surface area contributed by atoms with Gasteiger partial charge in [0.25, 0.3) is 0 Å². The molecule has 2 aromatic carbocycles. The van der Waals surface area contributed by atoms with Crippen LogP contribution >= 0.6 is 46.4 Å². The Hall–Kier alpha value is -1.71. The number of benzene rings is 2. The van der Waals surface area contributed by atoms with Gasteiger partial charge < -0.3 is 10.2 Å². The van der Waals surface area contributed by atoms with Gasteiger partial charge in [-0.15, -0.1) is 0 Å². The number of likely N-dealkylation sites (N-methyl/N-ethyl adjacent to an activating group) is 1. The van der Waals surface area contributed by atoms with Crippen LogP contribution in [0.2, 0.25) is 20.1 Å². The van der Waals surface area contributed by atoms with Gasteiger partial charge in [-0.3, -0.25) is 13.9 Å². The molecule has 7 nitrogen and oxygen atoms in total. The third kappa shape index (κ3) is 7.39. The number of amides is 2. The highest BCUT2D eigenvalue weighted by Crippen LogP contribution is 2.29. The van der Waals surface area contributed by atoms with E-state index in [2.05, 4.69) is 5.32 Å². The van der Waals surface area contributed by atoms with Crippen LogP contribution in [0.3, 0.4) is 0 Å². The van der Waals surface area contributed by atoms with Gasteiger partial charge in [-0.05, 0) is 49.2 Å². The van der Waals surface area contributed by atoms with Crippen LogP contribution in [0.1, 0.15) is 25.8 Å². The quantitative estimate of drug-likeness (QED) is 0.436. The fourth-order valence-corrected chi connectivity index (χ4v) is 4.90. The summed E-state index contributed by atoms with van der Waals surface area (Å²) in [5.74, 6) is -0.954. The summed E-state index contributed by atoms with van der Waals surface area (Å²) in [7, 11) is -3.89. The molecule has 0 aliphatic rings. The van der Waals surface area contributed by atoms with E-state index < -0.39 is 28.5 Å². The van der Waals surface area contributed by atoms with Gasteiger partial charge in [0.05, 0.1) is 22.0 Å². The summed E-state index contributed by atoms with van der Waals surface area (Å²) in [6.45, 7) is 3.32. The highest BCUT2D eigenvalue weighted by Gasteiger charge is 2.32. The fraction of sp³-hybridized carbons (Fsp3) is 0.364. The van der Waals surface area contributed by atoms with E-state index in [0.29, 0.717) is 28.6 Å². The van der Waals surface area contributed by atoms with E-state index in [1.807, 2.05) is 0 Å². The van der Waals surface area contributed by atoms with E-state index in [4.69, 9.17) is 46.4 Å². The van der Waals surface area contributed by atoms with Crippen molar-refractivity contribution in [3.63, 3.8) is 0 Å². The topological polar surface area (TPSA) is 86.8 Å². The molecule has 186 valence electrons. The van der Waals surface area contributed by atoms with Crippen LogP contribution in [0, 0.1) is 0 Å². The zero-order valence-corrected chi connectivity index (χ0v) is 22.7. The van der Waals surface area contributed by atoms with Crippen LogP contribution in [0.25, 0.3) is 0 Å². The minimum absolute atomic E-state index is 0.0244. The molecule has 0 saturated carbocycles. The lowest BCUT2D eigenvalue weighted by molar-refractivity contribution is -0.140. The van der Waals surface area contributed by atoms with Crippen molar-refractivity contribution < 1.29 is 18.0 Å². The smallest absolute Gasteiger partial charge is 0.244 e. The zero-order chi connectivity index (χ0) is 25.6. The molecule has 0 unspecified atom stereocenters. The van der Waals surface area contributed by atoms with E-state index in [0.717, 1.165) is 10.6 Å². The average Bonchev–Trinajstić information content (AvgIpc) is 2.74. The third-order valence-corrected chi connectivity index (χ3v) is 7.43. The molecular weight excluding hydrogens is 544 g/mol. The molecule has 1 N–H and O–H groups in total. The van der Waals surface area contributed by atoms with Crippen molar-refractivity contribution in [3.8, 4) is 0 Å². The van der Waals surface area contributed by atoms with Crippen LogP contribution in [0.15, 0.2) is 36.4 Å². The first-order valence-corrected chi connectivity index (χ1v) is 13.7. The van der Waals surface area contributed by atoms with Crippen molar-refractivity contribution in [1.29, 1.82) is 0 Å². The first-order valence-electron chi connectivity index (χ1n) is 10.3. The van der Waals surface area contributed by atoms with Crippen LogP contribution in [0.5, 0.6) is 0 Å². The van der Waals surface area contributed by atoms with Gasteiger partial charge in [-0.25, -0.2) is 8.42 Å². The van der Waals surface area contributed by atoms with Gasteiger partial charge in [0, 0.05) is 23.1 Å². The summed E-state index contributed by atoms with van der Waals surface area (Å²) in [6, 6.07) is 8.21. The summed E-state index contributed by atoms with van der Waals surface area (Å²) in [5.41, 5.74) is 0.725. The Morgan fingerprint density at radius 2 is 1.65 bits per heavy atom. The predicted molar refractivity (Wildman–Crippen MR) is 138 cm³/mol. The molecule has 34 heavy (non-hydrogen) atoms. The second-order valence-corrected chi connectivity index (χ2v) is 11.0. The molecule has 2 aromatic rings. The number of carbonyl (C=O) groups is 2. The molecule has 2 amide bonds. The van der Waals surface area contributed by atoms with Gasteiger partial charge in [0.1, 0.15) is 12.6 Å². The summed E-state index contributed by atoms with van der Waals surface area (Å²) in [6.07, 6.45) is 1.28. The molecule has 0 aliphatic carbocycles. The van der Waals surface area contributed by atoms with Gasteiger partial charge >= 0.3 is 0 Å². The molecule has 0 saturated heterocycles. The molecule has 2 rings (SSSR count). The molecule has 0 aromatic heterocycles.